The van der Waals surface area contributed by atoms with Gasteiger partial charge in [0.2, 0.25) is 5.91 Å². The molecule has 0 radical (unpaired) electrons. The van der Waals surface area contributed by atoms with E-state index < -0.39 is 6.04 Å². The van der Waals surface area contributed by atoms with Crippen LogP contribution in [0.4, 0.5) is 0 Å². The molecular weight excluding hydrogens is 304 g/mol. The molecule has 2 unspecified atom stereocenters. The number of aryl methyl sites for hydroxylation is 1. The fourth-order valence-corrected chi connectivity index (χ4v) is 2.27. The fourth-order valence-electron chi connectivity index (χ4n) is 2.27. The minimum atomic E-state index is -0.549. The lowest BCUT2D eigenvalue weighted by atomic mass is 9.99. The van der Waals surface area contributed by atoms with E-state index in [2.05, 4.69) is 15.5 Å². The molecule has 0 aliphatic rings. The molecule has 0 saturated carbocycles. The summed E-state index contributed by atoms with van der Waals surface area (Å²) in [5.74, 6) is -0.113. The van der Waals surface area contributed by atoms with Crippen LogP contribution in [0.3, 0.4) is 0 Å². The maximum atomic E-state index is 12.0. The summed E-state index contributed by atoms with van der Waals surface area (Å²) >= 11 is 0. The number of halogens is 1. The number of nitrogens with one attached hydrogen (secondary N) is 2. The first-order valence-corrected chi connectivity index (χ1v) is 7.58. The Bertz CT molecular complexity index is 545. The second-order valence-electron chi connectivity index (χ2n) is 5.29. The van der Waals surface area contributed by atoms with E-state index in [9.17, 15) is 9.59 Å². The van der Waals surface area contributed by atoms with E-state index in [0.717, 1.165) is 24.1 Å². The van der Waals surface area contributed by atoms with Gasteiger partial charge in [-0.15, -0.1) is 12.4 Å². The molecule has 1 heterocycles. The zero-order chi connectivity index (χ0) is 16.0. The summed E-state index contributed by atoms with van der Waals surface area (Å²) in [7, 11) is 0. The Labute approximate surface area is 137 Å². The van der Waals surface area contributed by atoms with Gasteiger partial charge in [-0.3, -0.25) is 9.59 Å². The van der Waals surface area contributed by atoms with Crippen LogP contribution >= 0.6 is 12.4 Å². The highest BCUT2D eigenvalue weighted by Gasteiger charge is 2.20. The van der Waals surface area contributed by atoms with Crippen molar-refractivity contribution >= 4 is 18.3 Å². The van der Waals surface area contributed by atoms with Crippen LogP contribution < -0.4 is 16.6 Å². The molecular formula is C15H27ClN4O2. The Kier molecular flexibility index (Phi) is 8.97. The van der Waals surface area contributed by atoms with E-state index in [4.69, 9.17) is 5.73 Å². The highest BCUT2D eigenvalue weighted by Crippen LogP contribution is 2.10. The van der Waals surface area contributed by atoms with Crippen molar-refractivity contribution in [2.75, 3.05) is 0 Å². The van der Waals surface area contributed by atoms with E-state index in [1.165, 1.54) is 0 Å². The zero-order valence-corrected chi connectivity index (χ0v) is 14.5. The minimum Gasteiger partial charge on any atom is -0.350 e. The first-order chi connectivity index (χ1) is 9.96. The SMILES string of the molecule is CCc1n[nH]c(=O)c(CNC(=O)C(N)C(C)CC)c1CC.Cl. The molecule has 0 bridgehead atoms. The Morgan fingerprint density at radius 3 is 2.41 bits per heavy atom. The van der Waals surface area contributed by atoms with Crippen LogP contribution in [0.5, 0.6) is 0 Å². The van der Waals surface area contributed by atoms with Crippen molar-refractivity contribution in [3.8, 4) is 0 Å². The van der Waals surface area contributed by atoms with E-state index >= 15 is 0 Å². The van der Waals surface area contributed by atoms with Gasteiger partial charge in [0.15, 0.2) is 0 Å². The molecule has 4 N–H and O–H groups in total. The van der Waals surface area contributed by atoms with Crippen molar-refractivity contribution in [2.45, 2.75) is 59.5 Å². The monoisotopic (exact) mass is 330 g/mol. The number of aromatic nitrogens is 2. The van der Waals surface area contributed by atoms with Crippen LogP contribution in [0.15, 0.2) is 4.79 Å². The van der Waals surface area contributed by atoms with E-state index in [-0.39, 0.29) is 36.3 Å². The second kappa shape index (κ2) is 9.58. The molecule has 1 rings (SSSR count). The molecule has 2 atom stereocenters. The number of nitrogens with two attached hydrogens (primary N) is 1. The van der Waals surface area contributed by atoms with Crippen molar-refractivity contribution in [2.24, 2.45) is 11.7 Å². The number of carbonyl (C=O) groups excluding carboxylic acids is 1. The average molecular weight is 331 g/mol. The molecule has 1 amide bonds. The van der Waals surface area contributed by atoms with Gasteiger partial charge in [0.05, 0.1) is 11.7 Å². The molecule has 1 aromatic heterocycles. The molecule has 1 aromatic rings. The van der Waals surface area contributed by atoms with Gasteiger partial charge in [0.1, 0.15) is 0 Å². The highest BCUT2D eigenvalue weighted by molar-refractivity contribution is 5.85. The average Bonchev–Trinajstić information content (AvgIpc) is 2.51. The summed E-state index contributed by atoms with van der Waals surface area (Å²) in [6.45, 7) is 8.09. The van der Waals surface area contributed by atoms with Crippen molar-refractivity contribution < 1.29 is 4.79 Å². The van der Waals surface area contributed by atoms with Crippen LogP contribution in [0.1, 0.15) is 50.9 Å². The van der Waals surface area contributed by atoms with Gasteiger partial charge in [0, 0.05) is 12.1 Å². The third-order valence-electron chi connectivity index (χ3n) is 3.97. The normalized spacial score (nSPS) is 13.1. The van der Waals surface area contributed by atoms with Crippen LogP contribution in [0.25, 0.3) is 0 Å². The largest absolute Gasteiger partial charge is 0.350 e. The molecule has 0 spiro atoms. The molecule has 7 heteroatoms. The third-order valence-corrected chi connectivity index (χ3v) is 3.97. The smallest absolute Gasteiger partial charge is 0.269 e. The number of amides is 1. The lowest BCUT2D eigenvalue weighted by Gasteiger charge is -2.18. The molecule has 0 fully saturated rings. The van der Waals surface area contributed by atoms with Gasteiger partial charge >= 0.3 is 0 Å². The minimum absolute atomic E-state index is 0. The lowest BCUT2D eigenvalue weighted by molar-refractivity contribution is -0.123. The third kappa shape index (κ3) is 4.81. The number of rotatable bonds is 7. The Balaban J connectivity index is 0.00000441. The predicted octanol–water partition coefficient (Wildman–Crippen LogP) is 1.31. The summed E-state index contributed by atoms with van der Waals surface area (Å²) < 4.78 is 0. The first kappa shape index (κ1) is 20.6. The standard InChI is InChI=1S/C15H26N4O2.ClH/c1-5-9(4)13(16)15(21)17-8-11-10(6-2)12(7-3)18-19-14(11)20;/h9,13H,5-8,16H2,1-4H3,(H,17,21)(H,19,20);1H. The first-order valence-electron chi connectivity index (χ1n) is 7.58. The zero-order valence-electron chi connectivity index (χ0n) is 13.7. The molecule has 126 valence electrons. The highest BCUT2D eigenvalue weighted by atomic mass is 35.5. The number of nitrogens with zero attached hydrogens (tertiary/aromatic N) is 1. The topological polar surface area (TPSA) is 101 Å². The molecule has 22 heavy (non-hydrogen) atoms. The van der Waals surface area contributed by atoms with Crippen molar-refractivity contribution in [3.63, 3.8) is 0 Å². The number of carbonyl (C=O) groups is 1. The van der Waals surface area contributed by atoms with Gasteiger partial charge in [0.25, 0.3) is 5.56 Å². The summed E-state index contributed by atoms with van der Waals surface area (Å²) in [5.41, 5.74) is 8.00. The summed E-state index contributed by atoms with van der Waals surface area (Å²) in [4.78, 5) is 24.0. The van der Waals surface area contributed by atoms with Gasteiger partial charge in [-0.05, 0) is 24.3 Å². The van der Waals surface area contributed by atoms with Gasteiger partial charge in [-0.1, -0.05) is 34.1 Å². The number of aromatic amines is 1. The summed E-state index contributed by atoms with van der Waals surface area (Å²) in [6.07, 6.45) is 2.29. The molecule has 0 aromatic carbocycles. The van der Waals surface area contributed by atoms with Crippen LogP contribution in [-0.2, 0) is 24.2 Å². The van der Waals surface area contributed by atoms with Gasteiger partial charge < -0.3 is 11.1 Å². The van der Waals surface area contributed by atoms with Crippen molar-refractivity contribution in [1.29, 1.82) is 0 Å². The fraction of sp³-hybridized carbons (Fsp3) is 0.667. The summed E-state index contributed by atoms with van der Waals surface area (Å²) in [5, 5.41) is 9.32. The maximum Gasteiger partial charge on any atom is 0.269 e. The van der Waals surface area contributed by atoms with E-state index in [1.807, 2.05) is 27.7 Å². The van der Waals surface area contributed by atoms with Crippen molar-refractivity contribution in [1.82, 2.24) is 15.5 Å². The second-order valence-corrected chi connectivity index (χ2v) is 5.29. The number of hydrogen-bond acceptors (Lipinski definition) is 4. The maximum absolute atomic E-state index is 12.0. The molecule has 0 saturated heterocycles. The van der Waals surface area contributed by atoms with E-state index in [1.54, 1.807) is 0 Å². The predicted molar refractivity (Wildman–Crippen MR) is 90.1 cm³/mol. The van der Waals surface area contributed by atoms with Crippen molar-refractivity contribution in [3.05, 3.63) is 27.2 Å². The number of hydrogen-bond donors (Lipinski definition) is 3. The quantitative estimate of drug-likeness (QED) is 0.701. The van der Waals surface area contributed by atoms with Crippen LogP contribution in [-0.4, -0.2) is 22.1 Å². The van der Waals surface area contributed by atoms with E-state index in [0.29, 0.717) is 12.0 Å². The van der Waals surface area contributed by atoms with Crippen LogP contribution in [0, 0.1) is 5.92 Å². The Morgan fingerprint density at radius 1 is 1.27 bits per heavy atom. The van der Waals surface area contributed by atoms with Crippen LogP contribution in [0.2, 0.25) is 0 Å². The number of H-pyrrole nitrogens is 1. The molecule has 6 nitrogen and oxygen atoms in total. The molecule has 0 aliphatic heterocycles. The van der Waals surface area contributed by atoms with Gasteiger partial charge in [-0.2, -0.15) is 5.10 Å². The Hall–Kier alpha value is -1.40. The lowest BCUT2D eigenvalue weighted by Crippen LogP contribution is -2.45. The van der Waals surface area contributed by atoms with Gasteiger partial charge in [-0.25, -0.2) is 5.10 Å². The molecule has 0 aliphatic carbocycles. The Morgan fingerprint density at radius 2 is 1.91 bits per heavy atom. The summed E-state index contributed by atoms with van der Waals surface area (Å²) in [6, 6.07) is -0.549.